The van der Waals surface area contributed by atoms with Crippen LogP contribution in [-0.2, 0) is 12.8 Å². The molecule has 2 nitrogen and oxygen atoms in total. The Kier molecular flexibility index (Phi) is 2.47. The average molecular weight is 289 g/mol. The lowest BCUT2D eigenvalue weighted by Gasteiger charge is -2.22. The van der Waals surface area contributed by atoms with Crippen LogP contribution in [0.2, 0.25) is 0 Å². The lowest BCUT2D eigenvalue weighted by molar-refractivity contribution is 0.467. The van der Waals surface area contributed by atoms with Crippen LogP contribution in [-0.4, -0.2) is 11.1 Å². The van der Waals surface area contributed by atoms with Gasteiger partial charge in [0.2, 0.25) is 0 Å². The average Bonchev–Trinajstić information content (AvgIpc) is 2.12. The van der Waals surface area contributed by atoms with E-state index in [1.165, 1.54) is 11.1 Å². The van der Waals surface area contributed by atoms with Crippen molar-refractivity contribution in [1.82, 2.24) is 0 Å². The highest BCUT2D eigenvalue weighted by Gasteiger charge is 2.18. The standard InChI is InChI=1S/C10H12INO/c11-10-8-3-2-7(12)5-6(8)1-4-9(10)13/h1,4,7,13H,2-3,5,12H2/t7-/m1/s1. The number of hydrogen-bond acceptors (Lipinski definition) is 2. The molecule has 1 aromatic rings. The first-order chi connectivity index (χ1) is 6.18. The van der Waals surface area contributed by atoms with Crippen LogP contribution >= 0.6 is 22.6 Å². The molecular formula is C10H12INO. The van der Waals surface area contributed by atoms with Gasteiger partial charge in [-0.05, 0) is 59.0 Å². The topological polar surface area (TPSA) is 46.2 Å². The van der Waals surface area contributed by atoms with Crippen molar-refractivity contribution >= 4 is 22.6 Å². The number of phenols is 1. The first kappa shape index (κ1) is 9.27. The Labute approximate surface area is 91.3 Å². The summed E-state index contributed by atoms with van der Waals surface area (Å²) >= 11 is 2.20. The molecule has 0 bridgehead atoms. The summed E-state index contributed by atoms with van der Waals surface area (Å²) in [6, 6.07) is 4.05. The van der Waals surface area contributed by atoms with E-state index in [0.29, 0.717) is 11.8 Å². The lowest BCUT2D eigenvalue weighted by atomic mass is 9.89. The summed E-state index contributed by atoms with van der Waals surface area (Å²) in [5.74, 6) is 0.398. The normalized spacial score (nSPS) is 21.2. The van der Waals surface area contributed by atoms with Gasteiger partial charge in [-0.1, -0.05) is 6.07 Å². The first-order valence-corrected chi connectivity index (χ1v) is 5.51. The molecular weight excluding hydrogens is 277 g/mol. The van der Waals surface area contributed by atoms with Crippen molar-refractivity contribution in [3.05, 3.63) is 26.8 Å². The Hall–Kier alpha value is -0.290. The van der Waals surface area contributed by atoms with Crippen molar-refractivity contribution in [3.63, 3.8) is 0 Å². The second kappa shape index (κ2) is 3.46. The molecule has 1 aromatic carbocycles. The van der Waals surface area contributed by atoms with Crippen LogP contribution in [0.3, 0.4) is 0 Å². The molecule has 1 aliphatic carbocycles. The Morgan fingerprint density at radius 1 is 1.46 bits per heavy atom. The predicted molar refractivity (Wildman–Crippen MR) is 60.8 cm³/mol. The number of benzene rings is 1. The van der Waals surface area contributed by atoms with E-state index < -0.39 is 0 Å². The number of nitrogens with two attached hydrogens (primary N) is 1. The lowest BCUT2D eigenvalue weighted by Crippen LogP contribution is -2.28. The number of phenolic OH excluding ortho intramolecular Hbond substituents is 1. The summed E-state index contributed by atoms with van der Waals surface area (Å²) in [7, 11) is 0. The van der Waals surface area contributed by atoms with Gasteiger partial charge in [-0.15, -0.1) is 0 Å². The van der Waals surface area contributed by atoms with Gasteiger partial charge in [-0.25, -0.2) is 0 Å². The molecule has 3 N–H and O–H groups in total. The molecule has 13 heavy (non-hydrogen) atoms. The van der Waals surface area contributed by atoms with E-state index >= 15 is 0 Å². The van der Waals surface area contributed by atoms with Crippen molar-refractivity contribution in [3.8, 4) is 5.75 Å². The smallest absolute Gasteiger partial charge is 0.129 e. The molecule has 0 spiro atoms. The van der Waals surface area contributed by atoms with E-state index in [2.05, 4.69) is 22.6 Å². The summed E-state index contributed by atoms with van der Waals surface area (Å²) in [5.41, 5.74) is 8.47. The second-order valence-corrected chi connectivity index (χ2v) is 4.62. The highest BCUT2D eigenvalue weighted by atomic mass is 127. The zero-order valence-electron chi connectivity index (χ0n) is 7.26. The third-order valence-electron chi connectivity index (χ3n) is 2.57. The molecule has 0 unspecified atom stereocenters. The maximum absolute atomic E-state index is 9.50. The molecule has 1 atom stereocenters. The van der Waals surface area contributed by atoms with Crippen LogP contribution in [0.15, 0.2) is 12.1 Å². The van der Waals surface area contributed by atoms with Gasteiger partial charge in [-0.2, -0.15) is 0 Å². The van der Waals surface area contributed by atoms with E-state index in [1.807, 2.05) is 6.07 Å². The van der Waals surface area contributed by atoms with Crippen molar-refractivity contribution in [1.29, 1.82) is 0 Å². The van der Waals surface area contributed by atoms with Crippen LogP contribution < -0.4 is 5.73 Å². The molecule has 0 aliphatic heterocycles. The van der Waals surface area contributed by atoms with E-state index in [1.54, 1.807) is 6.07 Å². The summed E-state index contributed by atoms with van der Waals surface area (Å²) in [5, 5.41) is 9.50. The fraction of sp³-hybridized carbons (Fsp3) is 0.400. The van der Waals surface area contributed by atoms with E-state index in [9.17, 15) is 5.11 Å². The number of fused-ring (bicyclic) bond motifs is 1. The molecule has 2 rings (SSSR count). The summed E-state index contributed by atoms with van der Waals surface area (Å²) in [4.78, 5) is 0. The maximum atomic E-state index is 9.50. The zero-order valence-corrected chi connectivity index (χ0v) is 9.41. The molecule has 0 heterocycles. The molecule has 70 valence electrons. The number of hydrogen-bond donors (Lipinski definition) is 2. The van der Waals surface area contributed by atoms with Crippen molar-refractivity contribution in [2.24, 2.45) is 5.73 Å². The number of halogens is 1. The monoisotopic (exact) mass is 289 g/mol. The highest BCUT2D eigenvalue weighted by molar-refractivity contribution is 14.1. The van der Waals surface area contributed by atoms with Gasteiger partial charge in [0, 0.05) is 6.04 Å². The summed E-state index contributed by atoms with van der Waals surface area (Å²) in [6.07, 6.45) is 2.99. The van der Waals surface area contributed by atoms with Crippen molar-refractivity contribution < 1.29 is 5.11 Å². The van der Waals surface area contributed by atoms with Crippen LogP contribution in [0.5, 0.6) is 5.75 Å². The van der Waals surface area contributed by atoms with Gasteiger partial charge < -0.3 is 10.8 Å². The van der Waals surface area contributed by atoms with Crippen molar-refractivity contribution in [2.75, 3.05) is 0 Å². The third-order valence-corrected chi connectivity index (χ3v) is 3.77. The number of rotatable bonds is 0. The molecule has 0 radical (unpaired) electrons. The van der Waals surface area contributed by atoms with Crippen LogP contribution in [0.4, 0.5) is 0 Å². The Bertz CT molecular complexity index is 338. The molecule has 0 saturated heterocycles. The van der Waals surface area contributed by atoms with E-state index in [0.717, 1.165) is 22.8 Å². The van der Waals surface area contributed by atoms with E-state index in [4.69, 9.17) is 5.73 Å². The molecule has 0 fully saturated rings. The first-order valence-electron chi connectivity index (χ1n) is 4.43. The van der Waals surface area contributed by atoms with Crippen LogP contribution in [0, 0.1) is 3.57 Å². The molecule has 0 amide bonds. The van der Waals surface area contributed by atoms with Gasteiger partial charge in [0.15, 0.2) is 0 Å². The van der Waals surface area contributed by atoms with Gasteiger partial charge in [0.05, 0.1) is 3.57 Å². The minimum Gasteiger partial charge on any atom is -0.507 e. The largest absolute Gasteiger partial charge is 0.507 e. The Morgan fingerprint density at radius 2 is 2.23 bits per heavy atom. The minimum absolute atomic E-state index is 0.299. The third kappa shape index (κ3) is 1.67. The van der Waals surface area contributed by atoms with E-state index in [-0.39, 0.29) is 0 Å². The second-order valence-electron chi connectivity index (χ2n) is 3.54. The quantitative estimate of drug-likeness (QED) is 0.716. The SMILES string of the molecule is N[C@@H]1CCc2c(ccc(O)c2I)C1. The van der Waals surface area contributed by atoms with Gasteiger partial charge in [0.1, 0.15) is 5.75 Å². The van der Waals surface area contributed by atoms with Crippen LogP contribution in [0.1, 0.15) is 17.5 Å². The number of aromatic hydroxyl groups is 1. The maximum Gasteiger partial charge on any atom is 0.129 e. The summed E-state index contributed by atoms with van der Waals surface area (Å²) in [6.45, 7) is 0. The molecule has 0 saturated carbocycles. The predicted octanol–water partition coefficient (Wildman–Crippen LogP) is 1.81. The Balaban J connectivity index is 2.47. The molecule has 0 aromatic heterocycles. The summed E-state index contributed by atoms with van der Waals surface area (Å²) < 4.78 is 1.00. The van der Waals surface area contributed by atoms with Crippen molar-refractivity contribution in [2.45, 2.75) is 25.3 Å². The fourth-order valence-electron chi connectivity index (χ4n) is 1.82. The zero-order chi connectivity index (χ0) is 9.42. The van der Waals surface area contributed by atoms with Crippen LogP contribution in [0.25, 0.3) is 0 Å². The fourth-order valence-corrected chi connectivity index (χ4v) is 2.62. The Morgan fingerprint density at radius 3 is 3.00 bits per heavy atom. The highest BCUT2D eigenvalue weighted by Crippen LogP contribution is 2.30. The van der Waals surface area contributed by atoms with Gasteiger partial charge in [0.25, 0.3) is 0 Å². The minimum atomic E-state index is 0.299. The van der Waals surface area contributed by atoms with Gasteiger partial charge >= 0.3 is 0 Å². The molecule has 1 aliphatic rings. The molecule has 3 heteroatoms. The van der Waals surface area contributed by atoms with Gasteiger partial charge in [-0.3, -0.25) is 0 Å².